The first-order valence-corrected chi connectivity index (χ1v) is 8.14. The van der Waals surface area contributed by atoms with Gasteiger partial charge in [0.05, 0.1) is 5.25 Å². The van der Waals surface area contributed by atoms with Crippen LogP contribution in [0.15, 0.2) is 5.16 Å². The number of thioether (sulfide) groups is 1. The van der Waals surface area contributed by atoms with Crippen LogP contribution in [0.4, 0.5) is 0 Å². The number of carbonyl (C=O) groups is 1. The van der Waals surface area contributed by atoms with Crippen molar-refractivity contribution in [3.8, 4) is 0 Å². The molecule has 1 saturated carbocycles. The molecule has 1 fully saturated rings. The van der Waals surface area contributed by atoms with E-state index in [0.717, 1.165) is 29.8 Å². The van der Waals surface area contributed by atoms with Gasteiger partial charge in [-0.25, -0.2) is 9.97 Å². The lowest BCUT2D eigenvalue weighted by molar-refractivity contribution is -0.120. The molecule has 0 unspecified atom stereocenters. The van der Waals surface area contributed by atoms with Crippen LogP contribution in [-0.4, -0.2) is 27.2 Å². The lowest BCUT2D eigenvalue weighted by atomic mass is 10.2. The third-order valence-electron chi connectivity index (χ3n) is 3.97. The standard InChI is InChI=1S/C15H23N3OS/c1-9-10(2)16-15(17-11(9)3)20-12(4)14(19)18-13-7-5-6-8-13/h12-13H,5-8H2,1-4H3,(H,18,19)/t12-/m0/s1. The molecule has 0 aromatic carbocycles. The predicted octanol–water partition coefficient (Wildman–Crippen LogP) is 2.94. The highest BCUT2D eigenvalue weighted by Gasteiger charge is 2.22. The Labute approximate surface area is 125 Å². The number of rotatable bonds is 4. The molecule has 4 nitrogen and oxygen atoms in total. The average Bonchev–Trinajstić information content (AvgIpc) is 2.88. The number of hydrogen-bond acceptors (Lipinski definition) is 4. The molecule has 0 aliphatic heterocycles. The summed E-state index contributed by atoms with van der Waals surface area (Å²) in [5.74, 6) is 0.0985. The Morgan fingerprint density at radius 1 is 1.20 bits per heavy atom. The van der Waals surface area contributed by atoms with E-state index in [1.54, 1.807) is 0 Å². The molecule has 110 valence electrons. The molecular formula is C15H23N3OS. The van der Waals surface area contributed by atoms with Gasteiger partial charge in [-0.15, -0.1) is 0 Å². The Morgan fingerprint density at radius 3 is 2.30 bits per heavy atom. The maximum atomic E-state index is 12.2. The summed E-state index contributed by atoms with van der Waals surface area (Å²) in [5.41, 5.74) is 3.10. The van der Waals surface area contributed by atoms with Crippen LogP contribution in [0.1, 0.15) is 49.6 Å². The van der Waals surface area contributed by atoms with E-state index in [2.05, 4.69) is 15.3 Å². The molecule has 20 heavy (non-hydrogen) atoms. The zero-order chi connectivity index (χ0) is 14.7. The molecule has 1 N–H and O–H groups in total. The Balaban J connectivity index is 1.96. The second-order valence-electron chi connectivity index (χ2n) is 5.55. The third-order valence-corrected chi connectivity index (χ3v) is 4.93. The fourth-order valence-electron chi connectivity index (χ4n) is 2.39. The number of aryl methyl sites for hydroxylation is 2. The van der Waals surface area contributed by atoms with Crippen molar-refractivity contribution in [2.24, 2.45) is 0 Å². The summed E-state index contributed by atoms with van der Waals surface area (Å²) in [6.45, 7) is 7.91. The summed E-state index contributed by atoms with van der Waals surface area (Å²) < 4.78 is 0. The lowest BCUT2D eigenvalue weighted by Gasteiger charge is -2.16. The van der Waals surface area contributed by atoms with E-state index in [-0.39, 0.29) is 11.2 Å². The van der Waals surface area contributed by atoms with Crippen molar-refractivity contribution in [3.05, 3.63) is 17.0 Å². The second-order valence-corrected chi connectivity index (χ2v) is 6.86. The summed E-state index contributed by atoms with van der Waals surface area (Å²) in [6, 6.07) is 0.368. The molecule has 0 bridgehead atoms. The van der Waals surface area contributed by atoms with Crippen LogP contribution in [0, 0.1) is 20.8 Å². The van der Waals surface area contributed by atoms with Crippen molar-refractivity contribution in [1.82, 2.24) is 15.3 Å². The summed E-state index contributed by atoms with van der Waals surface area (Å²) >= 11 is 1.44. The Bertz CT molecular complexity index is 475. The number of nitrogens with one attached hydrogen (secondary N) is 1. The summed E-state index contributed by atoms with van der Waals surface area (Å²) in [4.78, 5) is 21.1. The van der Waals surface area contributed by atoms with E-state index in [0.29, 0.717) is 11.2 Å². The van der Waals surface area contributed by atoms with E-state index in [1.165, 1.54) is 24.6 Å². The fourth-order valence-corrected chi connectivity index (χ4v) is 3.27. The second kappa shape index (κ2) is 6.57. The van der Waals surface area contributed by atoms with E-state index < -0.39 is 0 Å². The van der Waals surface area contributed by atoms with Crippen LogP contribution in [-0.2, 0) is 4.79 Å². The molecule has 1 aromatic heterocycles. The quantitative estimate of drug-likeness (QED) is 0.685. The Morgan fingerprint density at radius 2 is 1.75 bits per heavy atom. The molecule has 2 rings (SSSR count). The van der Waals surface area contributed by atoms with Crippen LogP contribution >= 0.6 is 11.8 Å². The summed E-state index contributed by atoms with van der Waals surface area (Å²) in [5, 5.41) is 3.66. The molecule has 1 aromatic rings. The van der Waals surface area contributed by atoms with Crippen LogP contribution < -0.4 is 5.32 Å². The Kier molecular flexibility index (Phi) is 5.02. The summed E-state index contributed by atoms with van der Waals surface area (Å²) in [6.07, 6.45) is 4.68. The zero-order valence-corrected chi connectivity index (χ0v) is 13.5. The molecule has 0 saturated heterocycles. The Hall–Kier alpha value is -1.10. The zero-order valence-electron chi connectivity index (χ0n) is 12.7. The first-order valence-electron chi connectivity index (χ1n) is 7.26. The van der Waals surface area contributed by atoms with Crippen molar-refractivity contribution in [3.63, 3.8) is 0 Å². The van der Waals surface area contributed by atoms with Gasteiger partial charge in [-0.1, -0.05) is 24.6 Å². The topological polar surface area (TPSA) is 54.9 Å². The molecule has 1 amide bonds. The van der Waals surface area contributed by atoms with E-state index >= 15 is 0 Å². The van der Waals surface area contributed by atoms with Crippen LogP contribution in [0.3, 0.4) is 0 Å². The number of carbonyl (C=O) groups excluding carboxylic acids is 1. The van der Waals surface area contributed by atoms with Gasteiger partial charge in [0, 0.05) is 17.4 Å². The van der Waals surface area contributed by atoms with E-state index in [4.69, 9.17) is 0 Å². The minimum Gasteiger partial charge on any atom is -0.352 e. The summed E-state index contributed by atoms with van der Waals surface area (Å²) in [7, 11) is 0. The molecule has 0 radical (unpaired) electrons. The van der Waals surface area contributed by atoms with Gasteiger partial charge in [-0.3, -0.25) is 4.79 Å². The minimum atomic E-state index is -0.155. The number of nitrogens with zero attached hydrogens (tertiary/aromatic N) is 2. The molecule has 1 heterocycles. The van der Waals surface area contributed by atoms with Crippen molar-refractivity contribution < 1.29 is 4.79 Å². The molecule has 1 aliphatic rings. The van der Waals surface area contributed by atoms with Gasteiger partial charge in [0.1, 0.15) is 0 Å². The predicted molar refractivity (Wildman–Crippen MR) is 82.0 cm³/mol. The largest absolute Gasteiger partial charge is 0.352 e. The van der Waals surface area contributed by atoms with Crippen LogP contribution in [0.2, 0.25) is 0 Å². The normalized spacial score (nSPS) is 17.2. The third kappa shape index (κ3) is 3.72. The maximum Gasteiger partial charge on any atom is 0.233 e. The molecule has 1 atom stereocenters. The van der Waals surface area contributed by atoms with Crippen LogP contribution in [0.5, 0.6) is 0 Å². The molecular weight excluding hydrogens is 270 g/mol. The van der Waals surface area contributed by atoms with Gasteiger partial charge in [0.25, 0.3) is 0 Å². The first kappa shape index (κ1) is 15.3. The lowest BCUT2D eigenvalue weighted by Crippen LogP contribution is -2.37. The van der Waals surface area contributed by atoms with Crippen LogP contribution in [0.25, 0.3) is 0 Å². The minimum absolute atomic E-state index is 0.0985. The number of hydrogen-bond donors (Lipinski definition) is 1. The molecule has 5 heteroatoms. The van der Waals surface area contributed by atoms with Crippen molar-refractivity contribution in [1.29, 1.82) is 0 Å². The number of amides is 1. The van der Waals surface area contributed by atoms with Crippen molar-refractivity contribution >= 4 is 17.7 Å². The van der Waals surface area contributed by atoms with Gasteiger partial charge in [-0.2, -0.15) is 0 Å². The fraction of sp³-hybridized carbons (Fsp3) is 0.667. The SMILES string of the molecule is Cc1nc(S[C@@H](C)C(=O)NC2CCCC2)nc(C)c1C. The van der Waals surface area contributed by atoms with Gasteiger partial charge >= 0.3 is 0 Å². The van der Waals surface area contributed by atoms with Gasteiger partial charge < -0.3 is 5.32 Å². The van der Waals surface area contributed by atoms with Gasteiger partial charge in [-0.05, 0) is 46.1 Å². The van der Waals surface area contributed by atoms with Crippen molar-refractivity contribution in [2.75, 3.05) is 0 Å². The van der Waals surface area contributed by atoms with Gasteiger partial charge in [0.15, 0.2) is 5.16 Å². The first-order chi connectivity index (χ1) is 9.47. The number of aromatic nitrogens is 2. The highest BCUT2D eigenvalue weighted by Crippen LogP contribution is 2.23. The average molecular weight is 293 g/mol. The highest BCUT2D eigenvalue weighted by atomic mass is 32.2. The molecule has 0 spiro atoms. The smallest absolute Gasteiger partial charge is 0.233 e. The molecule has 1 aliphatic carbocycles. The van der Waals surface area contributed by atoms with E-state index in [1.807, 2.05) is 27.7 Å². The van der Waals surface area contributed by atoms with E-state index in [9.17, 15) is 4.79 Å². The highest BCUT2D eigenvalue weighted by molar-refractivity contribution is 8.00. The maximum absolute atomic E-state index is 12.2. The van der Waals surface area contributed by atoms with Crippen molar-refractivity contribution in [2.45, 2.75) is 69.8 Å². The van der Waals surface area contributed by atoms with Gasteiger partial charge in [0.2, 0.25) is 5.91 Å². The monoisotopic (exact) mass is 293 g/mol.